The summed E-state index contributed by atoms with van der Waals surface area (Å²) in [6, 6.07) is 3.52. The molecule has 0 spiro atoms. The minimum Gasteiger partial charge on any atom is -0.507 e. The first-order valence-electron chi connectivity index (χ1n) is 7.66. The fourth-order valence-corrected chi connectivity index (χ4v) is 3.46. The first-order chi connectivity index (χ1) is 10.6. The van der Waals surface area contributed by atoms with Gasteiger partial charge in [0.1, 0.15) is 17.1 Å². The lowest BCUT2D eigenvalue weighted by molar-refractivity contribution is 0.0934. The molecule has 2 rings (SSSR count). The van der Waals surface area contributed by atoms with E-state index in [4.69, 9.17) is 4.74 Å². The Morgan fingerprint density at radius 2 is 2.32 bits per heavy atom. The highest BCUT2D eigenvalue weighted by molar-refractivity contribution is 9.10. The van der Waals surface area contributed by atoms with E-state index in [0.29, 0.717) is 22.8 Å². The van der Waals surface area contributed by atoms with Gasteiger partial charge in [-0.25, -0.2) is 0 Å². The van der Waals surface area contributed by atoms with Crippen molar-refractivity contribution in [3.8, 4) is 11.5 Å². The fraction of sp³-hybridized carbons (Fsp3) is 0.562. The number of phenols is 1. The molecule has 122 valence electrons. The molecule has 1 atom stereocenters. The minimum absolute atomic E-state index is 0.0746. The second-order valence-corrected chi connectivity index (χ2v) is 6.37. The van der Waals surface area contributed by atoms with Crippen molar-refractivity contribution in [2.75, 3.05) is 26.7 Å². The smallest absolute Gasteiger partial charge is 0.258 e. The van der Waals surface area contributed by atoms with E-state index in [9.17, 15) is 9.90 Å². The first kappa shape index (κ1) is 17.1. The number of likely N-dealkylation sites (tertiary alicyclic amines) is 1. The van der Waals surface area contributed by atoms with Crippen LogP contribution in [0.25, 0.3) is 0 Å². The summed E-state index contributed by atoms with van der Waals surface area (Å²) >= 11 is 3.33. The van der Waals surface area contributed by atoms with Crippen molar-refractivity contribution < 1.29 is 14.6 Å². The minimum atomic E-state index is -0.306. The van der Waals surface area contributed by atoms with Crippen molar-refractivity contribution in [2.24, 2.45) is 0 Å². The van der Waals surface area contributed by atoms with Gasteiger partial charge in [-0.3, -0.25) is 9.69 Å². The molecule has 0 aromatic heterocycles. The van der Waals surface area contributed by atoms with Crippen LogP contribution >= 0.6 is 15.9 Å². The van der Waals surface area contributed by atoms with E-state index in [2.05, 4.69) is 33.1 Å². The summed E-state index contributed by atoms with van der Waals surface area (Å²) in [6.45, 7) is 4.91. The zero-order valence-electron chi connectivity index (χ0n) is 13.1. The number of halogens is 1. The van der Waals surface area contributed by atoms with Crippen LogP contribution in [-0.2, 0) is 0 Å². The normalized spacial score (nSPS) is 18.4. The van der Waals surface area contributed by atoms with E-state index < -0.39 is 0 Å². The molecule has 5 nitrogen and oxygen atoms in total. The van der Waals surface area contributed by atoms with Crippen molar-refractivity contribution in [1.82, 2.24) is 10.2 Å². The Morgan fingerprint density at radius 3 is 3.00 bits per heavy atom. The van der Waals surface area contributed by atoms with Crippen LogP contribution in [0, 0.1) is 0 Å². The molecule has 1 aromatic rings. The molecule has 1 aromatic carbocycles. The number of carbonyl (C=O) groups is 1. The molecule has 6 heteroatoms. The number of amides is 1. The summed E-state index contributed by atoms with van der Waals surface area (Å²) in [4.78, 5) is 14.8. The molecule has 1 saturated heterocycles. The Kier molecular flexibility index (Phi) is 6.08. The van der Waals surface area contributed by atoms with Gasteiger partial charge in [0.25, 0.3) is 5.91 Å². The first-order valence-corrected chi connectivity index (χ1v) is 8.45. The summed E-state index contributed by atoms with van der Waals surface area (Å²) in [5.74, 6) is -0.0253. The maximum absolute atomic E-state index is 12.4. The van der Waals surface area contributed by atoms with Crippen LogP contribution in [0.5, 0.6) is 11.5 Å². The number of nitrogens with zero attached hydrogens (tertiary/aromatic N) is 1. The molecular weight excluding hydrogens is 348 g/mol. The van der Waals surface area contributed by atoms with Crippen LogP contribution in [0.1, 0.15) is 36.5 Å². The third-order valence-electron chi connectivity index (χ3n) is 4.03. The van der Waals surface area contributed by atoms with Gasteiger partial charge in [0.15, 0.2) is 0 Å². The largest absolute Gasteiger partial charge is 0.507 e. The lowest BCUT2D eigenvalue weighted by Gasteiger charge is -2.24. The fourth-order valence-electron chi connectivity index (χ4n) is 2.97. The van der Waals surface area contributed by atoms with Crippen LogP contribution in [0.3, 0.4) is 0 Å². The number of carbonyl (C=O) groups excluding carboxylic acids is 1. The number of methoxy groups -OCH3 is 1. The van der Waals surface area contributed by atoms with Crippen molar-refractivity contribution >= 4 is 21.8 Å². The molecule has 0 aliphatic carbocycles. The van der Waals surface area contributed by atoms with E-state index in [1.54, 1.807) is 6.07 Å². The highest BCUT2D eigenvalue weighted by Crippen LogP contribution is 2.34. The van der Waals surface area contributed by atoms with Gasteiger partial charge in [0, 0.05) is 12.6 Å². The van der Waals surface area contributed by atoms with Crippen molar-refractivity contribution in [2.45, 2.75) is 32.2 Å². The van der Waals surface area contributed by atoms with Gasteiger partial charge in [-0.05, 0) is 60.4 Å². The number of ether oxygens (including phenoxy) is 1. The Bertz CT molecular complexity index is 536. The van der Waals surface area contributed by atoms with Crippen molar-refractivity contribution in [3.05, 3.63) is 22.2 Å². The standard InChI is InChI=1S/C16H23BrN2O3/c1-3-8-19-9-4-5-11(19)10-18-16(21)14-13(20)7-6-12(17)15(14)22-2/h6-7,11,20H,3-5,8-10H2,1-2H3,(H,18,21)/t11-/m0/s1. The second-order valence-electron chi connectivity index (χ2n) is 5.52. The zero-order chi connectivity index (χ0) is 16.1. The molecule has 0 unspecified atom stereocenters. The SMILES string of the molecule is CCCN1CCC[C@H]1CNC(=O)c1c(O)ccc(Br)c1OC. The van der Waals surface area contributed by atoms with Crippen LogP contribution in [0.2, 0.25) is 0 Å². The quantitative estimate of drug-likeness (QED) is 0.807. The Hall–Kier alpha value is -1.27. The van der Waals surface area contributed by atoms with Gasteiger partial charge >= 0.3 is 0 Å². The third-order valence-corrected chi connectivity index (χ3v) is 4.65. The Labute approximate surface area is 139 Å². The maximum atomic E-state index is 12.4. The average Bonchev–Trinajstić information content (AvgIpc) is 2.94. The monoisotopic (exact) mass is 370 g/mol. The van der Waals surface area contributed by atoms with Crippen molar-refractivity contribution in [1.29, 1.82) is 0 Å². The highest BCUT2D eigenvalue weighted by atomic mass is 79.9. The van der Waals surface area contributed by atoms with Gasteiger partial charge in [-0.1, -0.05) is 6.92 Å². The van der Waals surface area contributed by atoms with Gasteiger partial charge in [-0.15, -0.1) is 0 Å². The van der Waals surface area contributed by atoms with Crippen LogP contribution in [-0.4, -0.2) is 48.7 Å². The predicted octanol–water partition coefficient (Wildman–Crippen LogP) is 2.77. The van der Waals surface area contributed by atoms with Gasteiger partial charge < -0.3 is 15.2 Å². The highest BCUT2D eigenvalue weighted by Gasteiger charge is 2.25. The third kappa shape index (κ3) is 3.73. The summed E-state index contributed by atoms with van der Waals surface area (Å²) in [6.07, 6.45) is 3.39. The summed E-state index contributed by atoms with van der Waals surface area (Å²) < 4.78 is 5.88. The van der Waals surface area contributed by atoms with Gasteiger partial charge in [0.05, 0.1) is 11.6 Å². The number of nitrogens with one attached hydrogen (secondary N) is 1. The number of phenolic OH excluding ortho intramolecular Hbond substituents is 1. The molecule has 1 aliphatic rings. The molecule has 1 amide bonds. The van der Waals surface area contributed by atoms with Crippen LogP contribution in [0.15, 0.2) is 16.6 Å². The molecule has 1 heterocycles. The maximum Gasteiger partial charge on any atom is 0.258 e. The van der Waals surface area contributed by atoms with E-state index in [-0.39, 0.29) is 17.2 Å². The van der Waals surface area contributed by atoms with E-state index in [1.165, 1.54) is 19.6 Å². The lowest BCUT2D eigenvalue weighted by Crippen LogP contribution is -2.40. The number of aromatic hydroxyl groups is 1. The Morgan fingerprint density at radius 1 is 1.55 bits per heavy atom. The lowest BCUT2D eigenvalue weighted by atomic mass is 10.1. The number of hydrogen-bond acceptors (Lipinski definition) is 4. The summed E-state index contributed by atoms with van der Waals surface area (Å²) in [5.41, 5.74) is 0.178. The average molecular weight is 371 g/mol. The molecule has 0 radical (unpaired) electrons. The van der Waals surface area contributed by atoms with Crippen LogP contribution < -0.4 is 10.1 Å². The van der Waals surface area contributed by atoms with Crippen molar-refractivity contribution in [3.63, 3.8) is 0 Å². The topological polar surface area (TPSA) is 61.8 Å². The zero-order valence-corrected chi connectivity index (χ0v) is 14.6. The second kappa shape index (κ2) is 7.83. The summed E-state index contributed by atoms with van der Waals surface area (Å²) in [7, 11) is 1.48. The molecule has 1 fully saturated rings. The summed E-state index contributed by atoms with van der Waals surface area (Å²) in [5, 5.41) is 12.9. The van der Waals surface area contributed by atoms with E-state index in [1.807, 2.05) is 0 Å². The van der Waals surface area contributed by atoms with E-state index in [0.717, 1.165) is 25.9 Å². The number of benzene rings is 1. The van der Waals surface area contributed by atoms with Crippen LogP contribution in [0.4, 0.5) is 0 Å². The molecule has 1 aliphatic heterocycles. The van der Waals surface area contributed by atoms with E-state index >= 15 is 0 Å². The molecule has 2 N–H and O–H groups in total. The number of rotatable bonds is 6. The van der Waals surface area contributed by atoms with Gasteiger partial charge in [0.2, 0.25) is 0 Å². The molecule has 22 heavy (non-hydrogen) atoms. The molecular formula is C16H23BrN2O3. The Balaban J connectivity index is 2.05. The van der Waals surface area contributed by atoms with Gasteiger partial charge in [-0.2, -0.15) is 0 Å². The molecule has 0 saturated carbocycles. The predicted molar refractivity (Wildman–Crippen MR) is 89.6 cm³/mol. The number of hydrogen-bond donors (Lipinski definition) is 2. The molecule has 0 bridgehead atoms.